The lowest BCUT2D eigenvalue weighted by Gasteiger charge is -2.18. The summed E-state index contributed by atoms with van der Waals surface area (Å²) >= 11 is 1.46. The minimum Gasteiger partial charge on any atom is -0.262 e. The molecule has 0 radical (unpaired) electrons. The number of H-pyrrole nitrogens is 1. The summed E-state index contributed by atoms with van der Waals surface area (Å²) in [5.74, 6) is 0.0728. The number of nitrogens with one attached hydrogen (secondary N) is 2. The molecule has 0 saturated heterocycles. The number of sulfonamides is 1. The number of hydrogen-bond acceptors (Lipinski definition) is 5. The summed E-state index contributed by atoms with van der Waals surface area (Å²) in [4.78, 5) is 4.78. The van der Waals surface area contributed by atoms with Gasteiger partial charge < -0.3 is 0 Å². The van der Waals surface area contributed by atoms with Crippen molar-refractivity contribution in [1.29, 1.82) is 0 Å². The van der Waals surface area contributed by atoms with Crippen molar-refractivity contribution in [3.05, 3.63) is 71.8 Å². The molecule has 2 aromatic carbocycles. The fraction of sp³-hybridized carbons (Fsp3) is 0.176. The van der Waals surface area contributed by atoms with Crippen LogP contribution >= 0.6 is 11.8 Å². The van der Waals surface area contributed by atoms with Crippen LogP contribution in [0.15, 0.2) is 64.6 Å². The Morgan fingerprint density at radius 3 is 2.43 bits per heavy atom. The van der Waals surface area contributed by atoms with Gasteiger partial charge in [0, 0.05) is 4.90 Å². The lowest BCUT2D eigenvalue weighted by molar-refractivity contribution is -0.137. The van der Waals surface area contributed by atoms with Gasteiger partial charge in [-0.3, -0.25) is 5.10 Å². The maximum atomic E-state index is 13.1. The predicted octanol–water partition coefficient (Wildman–Crippen LogP) is 3.61. The van der Waals surface area contributed by atoms with Gasteiger partial charge in [0.05, 0.1) is 10.5 Å². The average Bonchev–Trinajstić information content (AvgIpc) is 3.20. The Morgan fingerprint density at radius 1 is 1.14 bits per heavy atom. The Labute approximate surface area is 163 Å². The molecule has 11 heteroatoms. The van der Waals surface area contributed by atoms with Crippen molar-refractivity contribution in [2.24, 2.45) is 0 Å². The number of rotatable bonds is 6. The van der Waals surface area contributed by atoms with Crippen LogP contribution in [0.4, 0.5) is 13.2 Å². The van der Waals surface area contributed by atoms with Crippen LogP contribution in [-0.4, -0.2) is 29.9 Å². The van der Waals surface area contributed by atoms with Gasteiger partial charge in [0.15, 0.2) is 0 Å². The van der Waals surface area contributed by atoms with Crippen molar-refractivity contribution in [3.63, 3.8) is 0 Å². The molecule has 0 fully saturated rings. The topological polar surface area (TPSA) is 87.7 Å². The largest absolute Gasteiger partial charge is 0.416 e. The first-order chi connectivity index (χ1) is 13.2. The second-order valence-electron chi connectivity index (χ2n) is 5.72. The van der Waals surface area contributed by atoms with E-state index >= 15 is 0 Å². The molecular weight excluding hydrogens is 413 g/mol. The highest BCUT2D eigenvalue weighted by molar-refractivity contribution is 7.98. The number of thioether (sulfide) groups is 1. The van der Waals surface area contributed by atoms with Gasteiger partial charge in [0.2, 0.25) is 10.0 Å². The van der Waals surface area contributed by atoms with Gasteiger partial charge in [-0.05, 0) is 48.2 Å². The van der Waals surface area contributed by atoms with E-state index in [2.05, 4.69) is 19.9 Å². The third kappa shape index (κ3) is 4.54. The van der Waals surface area contributed by atoms with Crippen molar-refractivity contribution in [2.45, 2.75) is 22.0 Å². The fourth-order valence-electron chi connectivity index (χ4n) is 2.51. The van der Waals surface area contributed by atoms with Gasteiger partial charge in [-0.15, -0.1) is 11.8 Å². The molecule has 2 N–H and O–H groups in total. The molecule has 0 aliphatic heterocycles. The molecular formula is C17H15F3N4O2S2. The minimum absolute atomic E-state index is 0.0122. The van der Waals surface area contributed by atoms with Crippen molar-refractivity contribution >= 4 is 21.8 Å². The third-order valence-corrected chi connectivity index (χ3v) is 6.08. The molecule has 0 bridgehead atoms. The molecule has 3 aromatic rings. The monoisotopic (exact) mass is 428 g/mol. The van der Waals surface area contributed by atoms with Gasteiger partial charge in [0.25, 0.3) is 0 Å². The van der Waals surface area contributed by atoms with Crippen LogP contribution in [0.2, 0.25) is 0 Å². The van der Waals surface area contributed by atoms with Gasteiger partial charge in [-0.1, -0.05) is 12.1 Å². The van der Waals surface area contributed by atoms with Gasteiger partial charge >= 0.3 is 6.18 Å². The van der Waals surface area contributed by atoms with Crippen LogP contribution in [0.3, 0.4) is 0 Å². The van der Waals surface area contributed by atoms with Crippen LogP contribution < -0.4 is 4.72 Å². The van der Waals surface area contributed by atoms with E-state index in [4.69, 9.17) is 0 Å². The smallest absolute Gasteiger partial charge is 0.262 e. The quantitative estimate of drug-likeness (QED) is 0.586. The van der Waals surface area contributed by atoms with E-state index in [-0.39, 0.29) is 16.3 Å². The summed E-state index contributed by atoms with van der Waals surface area (Å²) in [6, 6.07) is 9.37. The zero-order valence-corrected chi connectivity index (χ0v) is 16.1. The number of aromatic amines is 1. The van der Waals surface area contributed by atoms with Crippen LogP contribution in [0.1, 0.15) is 23.0 Å². The normalized spacial score (nSPS) is 13.4. The maximum Gasteiger partial charge on any atom is 0.416 e. The zero-order chi connectivity index (χ0) is 20.4. The van der Waals surface area contributed by atoms with Crippen LogP contribution in [-0.2, 0) is 16.2 Å². The molecule has 0 aliphatic carbocycles. The molecule has 1 atom stereocenters. The Bertz CT molecular complexity index is 1040. The van der Waals surface area contributed by atoms with E-state index < -0.39 is 27.8 Å². The van der Waals surface area contributed by atoms with E-state index in [1.165, 1.54) is 36.0 Å². The van der Waals surface area contributed by atoms with E-state index in [9.17, 15) is 21.6 Å². The standard InChI is InChI=1S/C17H15F3N4O2S2/c1-27-13-5-7-14(8-6-13)28(25,26)24-15(16-21-10-22-23-16)11-3-2-4-12(9-11)17(18,19)20/h2-10,15,24H,1H3,(H,21,22,23). The highest BCUT2D eigenvalue weighted by Gasteiger charge is 2.32. The van der Waals surface area contributed by atoms with Crippen molar-refractivity contribution in [3.8, 4) is 0 Å². The maximum absolute atomic E-state index is 13.1. The second kappa shape index (κ2) is 7.94. The van der Waals surface area contributed by atoms with Crippen molar-refractivity contribution in [2.75, 3.05) is 6.26 Å². The molecule has 148 valence electrons. The summed E-state index contributed by atoms with van der Waals surface area (Å²) in [6.45, 7) is 0. The van der Waals surface area contributed by atoms with E-state index in [1.807, 2.05) is 6.26 Å². The molecule has 0 spiro atoms. The molecule has 6 nitrogen and oxygen atoms in total. The number of nitrogens with zero attached hydrogens (tertiary/aromatic N) is 2. The molecule has 0 saturated carbocycles. The Morgan fingerprint density at radius 2 is 1.86 bits per heavy atom. The summed E-state index contributed by atoms with van der Waals surface area (Å²) in [5, 5.41) is 6.18. The lowest BCUT2D eigenvalue weighted by atomic mass is 10.0. The first kappa shape index (κ1) is 20.4. The molecule has 1 aromatic heterocycles. The Kier molecular flexibility index (Phi) is 5.77. The highest BCUT2D eigenvalue weighted by atomic mass is 32.2. The van der Waals surface area contributed by atoms with Gasteiger partial charge in [-0.25, -0.2) is 13.4 Å². The van der Waals surface area contributed by atoms with Gasteiger partial charge in [-0.2, -0.15) is 23.0 Å². The van der Waals surface area contributed by atoms with Crippen molar-refractivity contribution in [1.82, 2.24) is 19.9 Å². The van der Waals surface area contributed by atoms with Gasteiger partial charge in [0.1, 0.15) is 18.2 Å². The molecule has 0 aliphatic rings. The minimum atomic E-state index is -4.56. The first-order valence-electron chi connectivity index (χ1n) is 7.89. The third-order valence-electron chi connectivity index (χ3n) is 3.90. The number of aromatic nitrogens is 3. The predicted molar refractivity (Wildman–Crippen MR) is 98.2 cm³/mol. The molecule has 1 unspecified atom stereocenters. The van der Waals surface area contributed by atoms with E-state index in [0.717, 1.165) is 23.4 Å². The first-order valence-corrected chi connectivity index (χ1v) is 10.6. The average molecular weight is 428 g/mol. The number of benzene rings is 2. The number of alkyl halides is 3. The van der Waals surface area contributed by atoms with E-state index in [0.29, 0.717) is 0 Å². The summed E-state index contributed by atoms with van der Waals surface area (Å²) in [7, 11) is -4.04. The zero-order valence-electron chi connectivity index (χ0n) is 14.4. The van der Waals surface area contributed by atoms with Crippen LogP contribution in [0.25, 0.3) is 0 Å². The molecule has 28 heavy (non-hydrogen) atoms. The summed E-state index contributed by atoms with van der Waals surface area (Å²) in [6.07, 6.45) is -1.55. The molecule has 1 heterocycles. The fourth-order valence-corrected chi connectivity index (χ4v) is 4.11. The number of hydrogen-bond donors (Lipinski definition) is 2. The Balaban J connectivity index is 2.00. The highest BCUT2D eigenvalue weighted by Crippen LogP contribution is 2.32. The number of halogens is 3. The van der Waals surface area contributed by atoms with E-state index in [1.54, 1.807) is 12.1 Å². The molecule has 0 amide bonds. The summed E-state index contributed by atoms with van der Waals surface area (Å²) in [5.41, 5.74) is -0.811. The molecule has 3 rings (SSSR count). The lowest BCUT2D eigenvalue weighted by Crippen LogP contribution is -2.30. The summed E-state index contributed by atoms with van der Waals surface area (Å²) < 4.78 is 67.2. The second-order valence-corrected chi connectivity index (χ2v) is 8.32. The SMILES string of the molecule is CSc1ccc(S(=O)(=O)NC(c2cccc(C(F)(F)F)c2)c2ncn[nH]2)cc1. The van der Waals surface area contributed by atoms with Crippen molar-refractivity contribution < 1.29 is 21.6 Å². The Hall–Kier alpha value is -2.37. The van der Waals surface area contributed by atoms with Crippen LogP contribution in [0, 0.1) is 0 Å². The van der Waals surface area contributed by atoms with Crippen LogP contribution in [0.5, 0.6) is 0 Å².